The number of esters is 1. The van der Waals surface area contributed by atoms with E-state index in [2.05, 4.69) is 20.6 Å². The molecule has 3 aromatic rings. The summed E-state index contributed by atoms with van der Waals surface area (Å²) in [6.07, 6.45) is 1.61. The van der Waals surface area contributed by atoms with Crippen LogP contribution in [0, 0.1) is 0 Å². The number of carbonyl (C=O) groups is 1. The topological polar surface area (TPSA) is 94.6 Å². The van der Waals surface area contributed by atoms with Gasteiger partial charge in [0.05, 0.1) is 32.6 Å². The van der Waals surface area contributed by atoms with Crippen LogP contribution in [0.5, 0.6) is 11.5 Å². The maximum Gasteiger partial charge on any atom is 0.339 e. The van der Waals surface area contributed by atoms with Gasteiger partial charge in [-0.2, -0.15) is 4.98 Å². The Hall–Kier alpha value is -3.81. The van der Waals surface area contributed by atoms with Crippen molar-refractivity contribution in [2.24, 2.45) is 0 Å². The molecule has 3 rings (SSSR count). The molecule has 0 aliphatic rings. The third-order valence-corrected chi connectivity index (χ3v) is 3.89. The van der Waals surface area contributed by atoms with Gasteiger partial charge in [-0.1, -0.05) is 12.1 Å². The van der Waals surface area contributed by atoms with Crippen molar-refractivity contribution < 1.29 is 19.0 Å². The first-order valence-corrected chi connectivity index (χ1v) is 8.41. The van der Waals surface area contributed by atoms with Gasteiger partial charge in [-0.25, -0.2) is 9.78 Å². The molecule has 2 N–H and O–H groups in total. The van der Waals surface area contributed by atoms with Gasteiger partial charge in [-0.3, -0.25) is 0 Å². The van der Waals surface area contributed by atoms with Crippen LogP contribution >= 0.6 is 0 Å². The molecule has 0 amide bonds. The van der Waals surface area contributed by atoms with E-state index < -0.39 is 5.97 Å². The van der Waals surface area contributed by atoms with Crippen LogP contribution in [0.15, 0.2) is 54.7 Å². The fraction of sp³-hybridized carbons (Fsp3) is 0.150. The number of ether oxygens (including phenoxy) is 3. The third kappa shape index (κ3) is 4.29. The van der Waals surface area contributed by atoms with Gasteiger partial charge in [-0.15, -0.1) is 0 Å². The Morgan fingerprint density at radius 3 is 2.46 bits per heavy atom. The second-order valence-electron chi connectivity index (χ2n) is 5.62. The van der Waals surface area contributed by atoms with Crippen LogP contribution < -0.4 is 20.1 Å². The maximum atomic E-state index is 11.9. The minimum Gasteiger partial charge on any atom is -0.493 e. The summed E-state index contributed by atoms with van der Waals surface area (Å²) >= 11 is 0. The Bertz CT molecular complexity index is 978. The number of hydrogen-bond acceptors (Lipinski definition) is 8. The Balaban J connectivity index is 1.81. The molecule has 0 fully saturated rings. The number of methoxy groups -OCH3 is 3. The number of benzene rings is 2. The molecule has 0 atom stereocenters. The SMILES string of the molecule is COC(=O)c1ccccc1Nc1nccc(Nc2ccc(OC)c(OC)c2)n1. The summed E-state index contributed by atoms with van der Waals surface area (Å²) in [5.41, 5.74) is 1.72. The van der Waals surface area contributed by atoms with Crippen LogP contribution in [0.3, 0.4) is 0 Å². The Labute approximate surface area is 162 Å². The van der Waals surface area contributed by atoms with Gasteiger partial charge in [0.25, 0.3) is 0 Å². The van der Waals surface area contributed by atoms with Crippen molar-refractivity contribution in [2.75, 3.05) is 32.0 Å². The number of anilines is 4. The average molecular weight is 380 g/mol. The summed E-state index contributed by atoms with van der Waals surface area (Å²) in [4.78, 5) is 20.5. The summed E-state index contributed by atoms with van der Waals surface area (Å²) in [7, 11) is 4.50. The lowest BCUT2D eigenvalue weighted by atomic mass is 10.2. The number of nitrogens with zero attached hydrogens (tertiary/aromatic N) is 2. The lowest BCUT2D eigenvalue weighted by Gasteiger charge is -2.12. The summed E-state index contributed by atoms with van der Waals surface area (Å²) < 4.78 is 15.4. The van der Waals surface area contributed by atoms with Crippen molar-refractivity contribution >= 4 is 29.1 Å². The second kappa shape index (κ2) is 8.72. The molecule has 0 spiro atoms. The largest absolute Gasteiger partial charge is 0.493 e. The lowest BCUT2D eigenvalue weighted by Crippen LogP contribution is -2.07. The third-order valence-electron chi connectivity index (χ3n) is 3.89. The number of para-hydroxylation sites is 1. The van der Waals surface area contributed by atoms with Crippen LogP contribution in [0.2, 0.25) is 0 Å². The van der Waals surface area contributed by atoms with Gasteiger partial charge in [0, 0.05) is 18.0 Å². The zero-order valence-corrected chi connectivity index (χ0v) is 15.7. The molecule has 2 aromatic carbocycles. The van der Waals surface area contributed by atoms with Gasteiger partial charge < -0.3 is 24.8 Å². The van der Waals surface area contributed by atoms with Crippen LogP contribution in [-0.4, -0.2) is 37.3 Å². The first-order chi connectivity index (χ1) is 13.6. The number of nitrogens with one attached hydrogen (secondary N) is 2. The van der Waals surface area contributed by atoms with Crippen LogP contribution in [0.4, 0.5) is 23.1 Å². The standard InChI is InChI=1S/C20H20N4O4/c1-26-16-9-8-13(12-17(16)27-2)22-18-10-11-21-20(24-18)23-15-7-5-4-6-14(15)19(25)28-3/h4-12H,1-3H3,(H2,21,22,23,24). The summed E-state index contributed by atoms with van der Waals surface area (Å²) in [6.45, 7) is 0. The zero-order chi connectivity index (χ0) is 19.9. The monoisotopic (exact) mass is 380 g/mol. The Morgan fingerprint density at radius 1 is 0.929 bits per heavy atom. The van der Waals surface area contributed by atoms with E-state index in [-0.39, 0.29) is 0 Å². The van der Waals surface area contributed by atoms with E-state index in [1.54, 1.807) is 62.9 Å². The minimum atomic E-state index is -0.442. The molecule has 1 aromatic heterocycles. The van der Waals surface area contributed by atoms with Crippen molar-refractivity contribution in [1.82, 2.24) is 9.97 Å². The van der Waals surface area contributed by atoms with E-state index in [4.69, 9.17) is 14.2 Å². The van der Waals surface area contributed by atoms with E-state index in [9.17, 15) is 4.79 Å². The first kappa shape index (κ1) is 19.0. The van der Waals surface area contributed by atoms with Gasteiger partial charge in [0.15, 0.2) is 11.5 Å². The summed E-state index contributed by atoms with van der Waals surface area (Å²) in [5, 5.41) is 6.23. The highest BCUT2D eigenvalue weighted by atomic mass is 16.5. The van der Waals surface area contributed by atoms with Crippen molar-refractivity contribution in [1.29, 1.82) is 0 Å². The molecule has 0 radical (unpaired) electrons. The number of rotatable bonds is 7. The van der Waals surface area contributed by atoms with E-state index in [1.807, 2.05) is 6.07 Å². The molecule has 0 aliphatic heterocycles. The molecule has 8 nitrogen and oxygen atoms in total. The molecule has 1 heterocycles. The maximum absolute atomic E-state index is 11.9. The Morgan fingerprint density at radius 2 is 1.71 bits per heavy atom. The molecule has 28 heavy (non-hydrogen) atoms. The highest BCUT2D eigenvalue weighted by molar-refractivity contribution is 5.96. The zero-order valence-electron chi connectivity index (χ0n) is 15.7. The molecule has 144 valence electrons. The van der Waals surface area contributed by atoms with Gasteiger partial charge in [0.1, 0.15) is 5.82 Å². The number of carbonyl (C=O) groups excluding carboxylic acids is 1. The molecular weight excluding hydrogens is 360 g/mol. The quantitative estimate of drug-likeness (QED) is 0.598. The smallest absolute Gasteiger partial charge is 0.339 e. The minimum absolute atomic E-state index is 0.335. The second-order valence-corrected chi connectivity index (χ2v) is 5.62. The predicted octanol–water partition coefficient (Wildman–Crippen LogP) is 3.77. The molecule has 8 heteroatoms. The van der Waals surface area contributed by atoms with Crippen LogP contribution in [0.25, 0.3) is 0 Å². The molecule has 0 aliphatic carbocycles. The predicted molar refractivity (Wildman–Crippen MR) is 106 cm³/mol. The van der Waals surface area contributed by atoms with E-state index in [1.165, 1.54) is 7.11 Å². The fourth-order valence-electron chi connectivity index (χ4n) is 2.55. The summed E-state index contributed by atoms with van der Waals surface area (Å²) in [6, 6.07) is 14.2. The first-order valence-electron chi connectivity index (χ1n) is 8.41. The number of aromatic nitrogens is 2. The molecule has 0 saturated carbocycles. The fourth-order valence-corrected chi connectivity index (χ4v) is 2.55. The van der Waals surface area contributed by atoms with Crippen molar-refractivity contribution in [2.45, 2.75) is 0 Å². The molecule has 0 saturated heterocycles. The Kier molecular flexibility index (Phi) is 5.91. The molecule has 0 unspecified atom stereocenters. The van der Waals surface area contributed by atoms with Gasteiger partial charge in [-0.05, 0) is 30.3 Å². The highest BCUT2D eigenvalue weighted by Gasteiger charge is 2.12. The van der Waals surface area contributed by atoms with Crippen molar-refractivity contribution in [3.8, 4) is 11.5 Å². The molecular formula is C20H20N4O4. The average Bonchev–Trinajstić information content (AvgIpc) is 2.73. The lowest BCUT2D eigenvalue weighted by molar-refractivity contribution is 0.0602. The highest BCUT2D eigenvalue weighted by Crippen LogP contribution is 2.31. The van der Waals surface area contributed by atoms with Crippen molar-refractivity contribution in [3.63, 3.8) is 0 Å². The van der Waals surface area contributed by atoms with E-state index >= 15 is 0 Å². The summed E-state index contributed by atoms with van der Waals surface area (Å²) in [5.74, 6) is 1.70. The van der Waals surface area contributed by atoms with Crippen LogP contribution in [0.1, 0.15) is 10.4 Å². The van der Waals surface area contributed by atoms with Crippen LogP contribution in [-0.2, 0) is 4.74 Å². The van der Waals surface area contributed by atoms with Gasteiger partial charge in [0.2, 0.25) is 5.95 Å². The van der Waals surface area contributed by atoms with E-state index in [0.717, 1.165) is 5.69 Å². The number of hydrogen-bond donors (Lipinski definition) is 2. The van der Waals surface area contributed by atoms with Crippen molar-refractivity contribution in [3.05, 3.63) is 60.3 Å². The van der Waals surface area contributed by atoms with E-state index in [0.29, 0.717) is 34.5 Å². The van der Waals surface area contributed by atoms with Gasteiger partial charge >= 0.3 is 5.97 Å². The normalized spacial score (nSPS) is 10.1. The molecule has 0 bridgehead atoms.